The molecule has 0 aliphatic rings. The first-order chi connectivity index (χ1) is 6.97. The Balaban J connectivity index is 2.68. The van der Waals surface area contributed by atoms with Gasteiger partial charge in [0.25, 0.3) is 0 Å². The van der Waals surface area contributed by atoms with Gasteiger partial charge in [0.05, 0.1) is 0 Å². The fourth-order valence-electron chi connectivity index (χ4n) is 1.31. The number of benzene rings is 1. The number of anilines is 1. The van der Waals surface area contributed by atoms with Crippen molar-refractivity contribution in [2.45, 2.75) is 26.3 Å². The Morgan fingerprint density at radius 3 is 2.73 bits per heavy atom. The maximum atomic E-state index is 13.0. The smallest absolute Gasteiger partial charge is 0.225 e. The fourth-order valence-corrected chi connectivity index (χ4v) is 1.31. The Hall–Kier alpha value is -1.42. The van der Waals surface area contributed by atoms with E-state index >= 15 is 0 Å². The average Bonchev–Trinajstić information content (AvgIpc) is 1.98. The van der Waals surface area contributed by atoms with E-state index in [-0.39, 0.29) is 24.2 Å². The Morgan fingerprint density at radius 1 is 1.53 bits per heavy atom. The number of aryl methyl sites for hydroxylation is 1. The molecular formula is C11H15FN2O. The number of hydrogen-bond donors (Lipinski definition) is 2. The summed E-state index contributed by atoms with van der Waals surface area (Å²) in [7, 11) is 0. The number of nitrogens with two attached hydrogens (primary N) is 1. The molecule has 1 aromatic carbocycles. The molecule has 0 fully saturated rings. The summed E-state index contributed by atoms with van der Waals surface area (Å²) >= 11 is 0. The molecule has 3 N–H and O–H groups in total. The second-order valence-electron chi connectivity index (χ2n) is 3.75. The summed E-state index contributed by atoms with van der Waals surface area (Å²) in [6.45, 7) is 3.51. The van der Waals surface area contributed by atoms with E-state index in [0.717, 1.165) is 5.56 Å². The van der Waals surface area contributed by atoms with Crippen LogP contribution in [0.4, 0.5) is 10.1 Å². The number of halogens is 1. The summed E-state index contributed by atoms with van der Waals surface area (Å²) in [5.74, 6) is -0.555. The molecule has 1 amide bonds. The number of rotatable bonds is 3. The molecule has 1 aromatic rings. The predicted molar refractivity (Wildman–Crippen MR) is 58.0 cm³/mol. The molecule has 1 atom stereocenters. The van der Waals surface area contributed by atoms with Gasteiger partial charge in [0.15, 0.2) is 0 Å². The molecular weight excluding hydrogens is 195 g/mol. The SMILES string of the molecule is Cc1cc(F)cc(NC(=O)CC(C)N)c1. The van der Waals surface area contributed by atoms with Crippen molar-refractivity contribution in [2.24, 2.45) is 5.73 Å². The first-order valence-electron chi connectivity index (χ1n) is 4.80. The van der Waals surface area contributed by atoms with Gasteiger partial charge in [-0.2, -0.15) is 0 Å². The molecule has 0 aliphatic carbocycles. The van der Waals surface area contributed by atoms with Crippen molar-refractivity contribution >= 4 is 11.6 Å². The van der Waals surface area contributed by atoms with Crippen LogP contribution in [0, 0.1) is 12.7 Å². The summed E-state index contributed by atoms with van der Waals surface area (Å²) < 4.78 is 13.0. The maximum Gasteiger partial charge on any atom is 0.225 e. The van der Waals surface area contributed by atoms with Crippen LogP contribution in [-0.2, 0) is 4.79 Å². The number of carbonyl (C=O) groups excluding carboxylic acids is 1. The lowest BCUT2D eigenvalue weighted by atomic mass is 10.2. The summed E-state index contributed by atoms with van der Waals surface area (Å²) in [5, 5.41) is 2.60. The number of nitrogens with one attached hydrogen (secondary N) is 1. The highest BCUT2D eigenvalue weighted by Gasteiger charge is 2.06. The van der Waals surface area contributed by atoms with Crippen LogP contribution in [0.2, 0.25) is 0 Å². The van der Waals surface area contributed by atoms with Crippen molar-refractivity contribution in [3.8, 4) is 0 Å². The van der Waals surface area contributed by atoms with E-state index in [9.17, 15) is 9.18 Å². The van der Waals surface area contributed by atoms with Crippen LogP contribution in [0.25, 0.3) is 0 Å². The zero-order valence-electron chi connectivity index (χ0n) is 8.88. The van der Waals surface area contributed by atoms with Crippen LogP contribution in [0.5, 0.6) is 0 Å². The lowest BCUT2D eigenvalue weighted by Crippen LogP contribution is -2.24. The molecule has 4 heteroatoms. The van der Waals surface area contributed by atoms with Gasteiger partial charge in [-0.25, -0.2) is 4.39 Å². The van der Waals surface area contributed by atoms with Gasteiger partial charge in [-0.3, -0.25) is 4.79 Å². The van der Waals surface area contributed by atoms with E-state index in [4.69, 9.17) is 5.73 Å². The van der Waals surface area contributed by atoms with E-state index in [0.29, 0.717) is 5.69 Å². The highest BCUT2D eigenvalue weighted by atomic mass is 19.1. The van der Waals surface area contributed by atoms with Gasteiger partial charge in [0.1, 0.15) is 5.82 Å². The van der Waals surface area contributed by atoms with Gasteiger partial charge < -0.3 is 11.1 Å². The Kier molecular flexibility index (Phi) is 3.80. The molecule has 0 radical (unpaired) electrons. The molecule has 0 saturated heterocycles. The number of hydrogen-bond acceptors (Lipinski definition) is 2. The number of carbonyl (C=O) groups is 1. The van der Waals surface area contributed by atoms with Crippen LogP contribution in [0.1, 0.15) is 18.9 Å². The Morgan fingerprint density at radius 2 is 2.20 bits per heavy atom. The summed E-state index contributed by atoms with van der Waals surface area (Å²) in [6, 6.07) is 4.20. The third-order valence-corrected chi connectivity index (χ3v) is 1.83. The van der Waals surface area contributed by atoms with Gasteiger partial charge in [-0.1, -0.05) is 0 Å². The monoisotopic (exact) mass is 210 g/mol. The zero-order valence-corrected chi connectivity index (χ0v) is 8.88. The molecule has 0 spiro atoms. The summed E-state index contributed by atoms with van der Waals surface area (Å²) in [4.78, 5) is 11.3. The minimum atomic E-state index is -0.355. The normalized spacial score (nSPS) is 12.3. The highest BCUT2D eigenvalue weighted by molar-refractivity contribution is 5.91. The third-order valence-electron chi connectivity index (χ3n) is 1.83. The third kappa shape index (κ3) is 4.08. The van der Waals surface area contributed by atoms with Crippen molar-refractivity contribution < 1.29 is 9.18 Å². The lowest BCUT2D eigenvalue weighted by molar-refractivity contribution is -0.116. The van der Waals surface area contributed by atoms with Gasteiger partial charge in [0, 0.05) is 18.2 Å². The molecule has 0 saturated carbocycles. The molecule has 1 unspecified atom stereocenters. The second kappa shape index (κ2) is 4.89. The molecule has 82 valence electrons. The Bertz CT molecular complexity index is 343. The van der Waals surface area contributed by atoms with Gasteiger partial charge >= 0.3 is 0 Å². The topological polar surface area (TPSA) is 55.1 Å². The van der Waals surface area contributed by atoms with Crippen molar-refractivity contribution in [1.29, 1.82) is 0 Å². The second-order valence-corrected chi connectivity index (χ2v) is 3.75. The minimum Gasteiger partial charge on any atom is -0.327 e. The first-order valence-corrected chi connectivity index (χ1v) is 4.80. The Labute approximate surface area is 88.5 Å². The molecule has 3 nitrogen and oxygen atoms in total. The van der Waals surface area contributed by atoms with Crippen molar-refractivity contribution in [2.75, 3.05) is 5.32 Å². The van der Waals surface area contributed by atoms with E-state index in [1.54, 1.807) is 19.9 Å². The number of amides is 1. The van der Waals surface area contributed by atoms with Gasteiger partial charge in [-0.05, 0) is 37.6 Å². The molecule has 15 heavy (non-hydrogen) atoms. The molecule has 0 aliphatic heterocycles. The van der Waals surface area contributed by atoms with Crippen molar-refractivity contribution in [1.82, 2.24) is 0 Å². The highest BCUT2D eigenvalue weighted by Crippen LogP contribution is 2.13. The fraction of sp³-hybridized carbons (Fsp3) is 0.364. The standard InChI is InChI=1S/C11H15FN2O/c1-7-3-9(12)6-10(4-7)14-11(15)5-8(2)13/h3-4,6,8H,5,13H2,1-2H3,(H,14,15). The van der Waals surface area contributed by atoms with Crippen LogP contribution in [0.3, 0.4) is 0 Å². The molecule has 0 bridgehead atoms. The van der Waals surface area contributed by atoms with Gasteiger partial charge in [-0.15, -0.1) is 0 Å². The van der Waals surface area contributed by atoms with Gasteiger partial charge in [0.2, 0.25) is 5.91 Å². The minimum absolute atomic E-state index is 0.195. The molecule has 0 heterocycles. The van der Waals surface area contributed by atoms with Crippen LogP contribution in [-0.4, -0.2) is 11.9 Å². The lowest BCUT2D eigenvalue weighted by Gasteiger charge is -2.08. The quantitative estimate of drug-likeness (QED) is 0.799. The summed E-state index contributed by atoms with van der Waals surface area (Å²) in [6.07, 6.45) is 0.232. The van der Waals surface area contributed by atoms with E-state index in [1.807, 2.05) is 0 Å². The van der Waals surface area contributed by atoms with Crippen LogP contribution >= 0.6 is 0 Å². The van der Waals surface area contributed by atoms with E-state index in [2.05, 4.69) is 5.32 Å². The van der Waals surface area contributed by atoms with Crippen LogP contribution < -0.4 is 11.1 Å². The summed E-state index contributed by atoms with van der Waals surface area (Å²) in [5.41, 5.74) is 6.71. The van der Waals surface area contributed by atoms with E-state index < -0.39 is 0 Å². The molecule has 0 aromatic heterocycles. The first kappa shape index (κ1) is 11.7. The molecule has 1 rings (SSSR count). The predicted octanol–water partition coefficient (Wildman–Crippen LogP) is 1.81. The zero-order chi connectivity index (χ0) is 11.4. The van der Waals surface area contributed by atoms with Crippen molar-refractivity contribution in [3.63, 3.8) is 0 Å². The van der Waals surface area contributed by atoms with E-state index in [1.165, 1.54) is 12.1 Å². The van der Waals surface area contributed by atoms with Crippen molar-refractivity contribution in [3.05, 3.63) is 29.6 Å². The average molecular weight is 210 g/mol. The maximum absolute atomic E-state index is 13.0. The largest absolute Gasteiger partial charge is 0.327 e. The van der Waals surface area contributed by atoms with Crippen LogP contribution in [0.15, 0.2) is 18.2 Å².